The third kappa shape index (κ3) is 5.77. The molecule has 3 rings (SSSR count). The van der Waals surface area contributed by atoms with Gasteiger partial charge in [-0.15, -0.1) is 0 Å². The van der Waals surface area contributed by atoms with Crippen LogP contribution >= 0.6 is 0 Å². The molecule has 1 N–H and O–H groups in total. The van der Waals surface area contributed by atoms with Gasteiger partial charge in [-0.3, -0.25) is 14.5 Å². The topological polar surface area (TPSA) is 67.9 Å². The molecule has 2 amide bonds. The maximum atomic E-state index is 13.3. The molecule has 0 saturated heterocycles. The summed E-state index contributed by atoms with van der Waals surface area (Å²) in [6.07, 6.45) is 0.0266. The summed E-state index contributed by atoms with van der Waals surface area (Å²) in [6.45, 7) is 11.1. The zero-order valence-corrected chi connectivity index (χ0v) is 19.5. The number of amides is 2. The minimum Gasteiger partial charge on any atom is -0.493 e. The van der Waals surface area contributed by atoms with Gasteiger partial charge in [0, 0.05) is 5.69 Å². The van der Waals surface area contributed by atoms with Crippen LogP contribution in [0.25, 0.3) is 5.57 Å². The average Bonchev–Trinajstić information content (AvgIpc) is 2.98. The van der Waals surface area contributed by atoms with E-state index in [1.807, 2.05) is 69.3 Å². The zero-order chi connectivity index (χ0) is 23.3. The minimum atomic E-state index is -0.349. The molecule has 1 aliphatic heterocycles. The lowest BCUT2D eigenvalue weighted by Gasteiger charge is -2.16. The van der Waals surface area contributed by atoms with Gasteiger partial charge in [-0.1, -0.05) is 43.7 Å². The molecular weight excluding hydrogens is 404 g/mol. The van der Waals surface area contributed by atoms with E-state index in [9.17, 15) is 9.59 Å². The Morgan fingerprint density at radius 2 is 1.56 bits per heavy atom. The summed E-state index contributed by atoms with van der Waals surface area (Å²) in [4.78, 5) is 27.7. The van der Waals surface area contributed by atoms with Crippen molar-refractivity contribution in [3.05, 3.63) is 65.4 Å². The second kappa shape index (κ2) is 10.5. The third-order valence-electron chi connectivity index (χ3n) is 4.98. The zero-order valence-electron chi connectivity index (χ0n) is 19.5. The van der Waals surface area contributed by atoms with Gasteiger partial charge < -0.3 is 14.8 Å². The van der Waals surface area contributed by atoms with Crippen LogP contribution in [0, 0.1) is 12.8 Å². The van der Waals surface area contributed by atoms with E-state index in [4.69, 9.17) is 9.47 Å². The Hall–Kier alpha value is -3.12. The molecule has 2 aromatic rings. The summed E-state index contributed by atoms with van der Waals surface area (Å²) in [7, 11) is 0. The van der Waals surface area contributed by atoms with Crippen molar-refractivity contribution < 1.29 is 19.1 Å². The number of nitrogens with zero attached hydrogens (tertiary/aromatic N) is 1. The monoisotopic (exact) mass is 436 g/mol. The lowest BCUT2D eigenvalue weighted by Crippen LogP contribution is -2.35. The van der Waals surface area contributed by atoms with Crippen LogP contribution in [-0.2, 0) is 14.3 Å². The Morgan fingerprint density at radius 1 is 0.906 bits per heavy atom. The Morgan fingerprint density at radius 3 is 2.16 bits per heavy atom. The molecule has 1 heterocycles. The predicted molar refractivity (Wildman–Crippen MR) is 126 cm³/mol. The van der Waals surface area contributed by atoms with Crippen LogP contribution in [0.4, 0.5) is 5.69 Å². The van der Waals surface area contributed by atoms with Crippen molar-refractivity contribution in [3.8, 4) is 5.75 Å². The number of nitrogens with one attached hydrogen (secondary N) is 1. The summed E-state index contributed by atoms with van der Waals surface area (Å²) < 4.78 is 11.3. The number of carbonyl (C=O) groups excluding carboxylic acids is 2. The highest BCUT2D eigenvalue weighted by atomic mass is 16.5. The number of anilines is 1. The maximum Gasteiger partial charge on any atom is 0.278 e. The Kier molecular flexibility index (Phi) is 7.70. The van der Waals surface area contributed by atoms with Crippen molar-refractivity contribution in [1.29, 1.82) is 0 Å². The molecule has 0 radical (unpaired) electrons. The molecular formula is C26H32N2O4. The summed E-state index contributed by atoms with van der Waals surface area (Å²) in [5.74, 6) is 0.472. The van der Waals surface area contributed by atoms with E-state index in [1.165, 1.54) is 4.90 Å². The van der Waals surface area contributed by atoms with Crippen LogP contribution in [-0.4, -0.2) is 42.6 Å². The van der Waals surface area contributed by atoms with Crippen LogP contribution < -0.4 is 10.1 Å². The molecule has 0 spiro atoms. The van der Waals surface area contributed by atoms with Gasteiger partial charge in [0.15, 0.2) is 0 Å². The van der Waals surface area contributed by atoms with Crippen molar-refractivity contribution in [2.24, 2.45) is 5.92 Å². The highest BCUT2D eigenvalue weighted by molar-refractivity contribution is 6.36. The fourth-order valence-electron chi connectivity index (χ4n) is 3.30. The van der Waals surface area contributed by atoms with Crippen molar-refractivity contribution in [2.75, 3.05) is 25.1 Å². The van der Waals surface area contributed by atoms with E-state index >= 15 is 0 Å². The number of aryl methyl sites for hydroxylation is 1. The normalized spacial score (nSPS) is 14.2. The highest BCUT2D eigenvalue weighted by Crippen LogP contribution is 2.31. The van der Waals surface area contributed by atoms with E-state index in [-0.39, 0.29) is 30.2 Å². The van der Waals surface area contributed by atoms with Gasteiger partial charge in [-0.2, -0.15) is 0 Å². The van der Waals surface area contributed by atoms with Crippen LogP contribution in [0.3, 0.4) is 0 Å². The number of ether oxygens (including phenoxy) is 2. The molecule has 0 fully saturated rings. The van der Waals surface area contributed by atoms with E-state index in [0.717, 1.165) is 17.0 Å². The first-order chi connectivity index (χ1) is 15.3. The number of imide groups is 1. The van der Waals surface area contributed by atoms with Crippen LogP contribution in [0.15, 0.2) is 54.2 Å². The van der Waals surface area contributed by atoms with Crippen molar-refractivity contribution in [1.82, 2.24) is 4.90 Å². The van der Waals surface area contributed by atoms with Crippen molar-refractivity contribution in [3.63, 3.8) is 0 Å². The molecule has 0 aromatic heterocycles. The van der Waals surface area contributed by atoms with Crippen LogP contribution in [0.2, 0.25) is 0 Å². The number of benzene rings is 2. The predicted octanol–water partition coefficient (Wildman–Crippen LogP) is 4.65. The first-order valence-electron chi connectivity index (χ1n) is 11.0. The molecule has 0 aliphatic carbocycles. The standard InChI is InChI=1S/C26H32N2O4/c1-17(2)16-32-22-12-8-20(9-13-22)23-24(27-21-10-6-19(5)7-11-21)26(30)28(25(23)29)14-15-31-18(3)4/h6-13,17-18,27H,14-16H2,1-5H3. The largest absolute Gasteiger partial charge is 0.493 e. The number of hydrogen-bond donors (Lipinski definition) is 1. The van der Waals surface area contributed by atoms with Gasteiger partial charge in [0.05, 0.1) is 31.4 Å². The van der Waals surface area contributed by atoms with Gasteiger partial charge in [-0.05, 0) is 56.5 Å². The Labute approximate surface area is 190 Å². The first-order valence-corrected chi connectivity index (χ1v) is 11.0. The Balaban J connectivity index is 1.90. The summed E-state index contributed by atoms with van der Waals surface area (Å²) in [5.41, 5.74) is 3.17. The lowest BCUT2D eigenvalue weighted by molar-refractivity contribution is -0.137. The molecule has 0 bridgehead atoms. The van der Waals surface area contributed by atoms with Gasteiger partial charge in [0.25, 0.3) is 11.8 Å². The second-order valence-corrected chi connectivity index (χ2v) is 8.65. The smallest absolute Gasteiger partial charge is 0.278 e. The van der Waals surface area contributed by atoms with Crippen LogP contribution in [0.1, 0.15) is 38.8 Å². The van der Waals surface area contributed by atoms with Crippen molar-refractivity contribution in [2.45, 2.75) is 40.7 Å². The van der Waals surface area contributed by atoms with E-state index in [0.29, 0.717) is 30.3 Å². The van der Waals surface area contributed by atoms with Gasteiger partial charge in [-0.25, -0.2) is 0 Å². The van der Waals surface area contributed by atoms with Gasteiger partial charge in [0.1, 0.15) is 11.4 Å². The molecule has 1 aliphatic rings. The summed E-state index contributed by atoms with van der Waals surface area (Å²) in [5, 5.41) is 3.18. The molecule has 170 valence electrons. The van der Waals surface area contributed by atoms with Gasteiger partial charge >= 0.3 is 0 Å². The average molecular weight is 437 g/mol. The molecule has 6 heteroatoms. The quantitative estimate of drug-likeness (QED) is 0.549. The summed E-state index contributed by atoms with van der Waals surface area (Å²) in [6, 6.07) is 15.0. The molecule has 0 unspecified atom stereocenters. The minimum absolute atomic E-state index is 0.0266. The summed E-state index contributed by atoms with van der Waals surface area (Å²) >= 11 is 0. The molecule has 2 aromatic carbocycles. The highest BCUT2D eigenvalue weighted by Gasteiger charge is 2.39. The first kappa shape index (κ1) is 23.5. The van der Waals surface area contributed by atoms with E-state index in [1.54, 1.807) is 0 Å². The van der Waals surface area contributed by atoms with E-state index < -0.39 is 0 Å². The molecule has 0 saturated carbocycles. The van der Waals surface area contributed by atoms with Gasteiger partial charge in [0.2, 0.25) is 0 Å². The fourth-order valence-corrected chi connectivity index (χ4v) is 3.30. The number of rotatable bonds is 10. The molecule has 0 atom stereocenters. The lowest BCUT2D eigenvalue weighted by atomic mass is 10.0. The fraction of sp³-hybridized carbons (Fsp3) is 0.385. The van der Waals surface area contributed by atoms with E-state index in [2.05, 4.69) is 19.2 Å². The maximum absolute atomic E-state index is 13.3. The molecule has 32 heavy (non-hydrogen) atoms. The number of hydrogen-bond acceptors (Lipinski definition) is 5. The SMILES string of the molecule is Cc1ccc(NC2=C(c3ccc(OCC(C)C)cc3)C(=O)N(CCOC(C)C)C2=O)cc1. The Bertz CT molecular complexity index is 976. The third-order valence-corrected chi connectivity index (χ3v) is 4.98. The molecule has 6 nitrogen and oxygen atoms in total. The van der Waals surface area contributed by atoms with Crippen molar-refractivity contribution >= 4 is 23.1 Å². The second-order valence-electron chi connectivity index (χ2n) is 8.65. The van der Waals surface area contributed by atoms with Crippen LogP contribution in [0.5, 0.6) is 5.75 Å². The number of carbonyl (C=O) groups is 2.